The number of halogens is 6. The summed E-state index contributed by atoms with van der Waals surface area (Å²) in [5.41, 5.74) is -5.40. The largest absolute Gasteiger partial charge is 0.429 e. The van der Waals surface area contributed by atoms with E-state index in [0.29, 0.717) is 6.42 Å². The molecule has 0 bridgehead atoms. The lowest BCUT2D eigenvalue weighted by Gasteiger charge is -2.43. The predicted molar refractivity (Wildman–Crippen MR) is 85.7 cm³/mol. The third kappa shape index (κ3) is 3.21. The van der Waals surface area contributed by atoms with Gasteiger partial charge in [0.2, 0.25) is 0 Å². The van der Waals surface area contributed by atoms with Crippen molar-refractivity contribution in [3.05, 3.63) is 12.2 Å². The monoisotopic (exact) mass is 398 g/mol. The summed E-state index contributed by atoms with van der Waals surface area (Å²) in [6, 6.07) is 0. The van der Waals surface area contributed by atoms with Crippen LogP contribution in [-0.2, 0) is 4.79 Å². The first-order valence-electron chi connectivity index (χ1n) is 9.33. The van der Waals surface area contributed by atoms with Gasteiger partial charge in [0.1, 0.15) is 5.78 Å². The zero-order chi connectivity index (χ0) is 20.3. The molecule has 0 aromatic heterocycles. The SMILES string of the molecule is C[C@]12CCCC(=O)C1CC[C@@H]2C1(C/C=C/C(O)(C(F)(F)F)C(F)(F)F)CC1. The third-order valence-electron chi connectivity index (χ3n) is 7.24. The van der Waals surface area contributed by atoms with Gasteiger partial charge >= 0.3 is 12.4 Å². The number of Topliss-reactive ketones (excluding diaryl/α,β-unsaturated/α-hetero) is 1. The Morgan fingerprint density at radius 1 is 1.07 bits per heavy atom. The van der Waals surface area contributed by atoms with Crippen LogP contribution in [0.15, 0.2) is 12.2 Å². The van der Waals surface area contributed by atoms with Gasteiger partial charge in [-0.15, -0.1) is 0 Å². The number of allylic oxidation sites excluding steroid dienone is 1. The van der Waals surface area contributed by atoms with Crippen LogP contribution in [0.3, 0.4) is 0 Å². The van der Waals surface area contributed by atoms with Crippen LogP contribution in [0, 0.1) is 22.7 Å². The lowest BCUT2D eigenvalue weighted by atomic mass is 9.60. The van der Waals surface area contributed by atoms with E-state index in [1.807, 2.05) is 0 Å². The molecule has 0 spiro atoms. The maximum Gasteiger partial charge on any atom is 0.429 e. The number of alkyl halides is 6. The van der Waals surface area contributed by atoms with Gasteiger partial charge in [0, 0.05) is 12.3 Å². The average molecular weight is 398 g/mol. The Labute approximate surface area is 154 Å². The molecule has 3 atom stereocenters. The number of rotatable bonds is 4. The van der Waals surface area contributed by atoms with Crippen molar-refractivity contribution in [2.75, 3.05) is 0 Å². The molecule has 154 valence electrons. The molecule has 3 fully saturated rings. The number of fused-ring (bicyclic) bond motifs is 1. The van der Waals surface area contributed by atoms with Crippen molar-refractivity contribution in [1.29, 1.82) is 0 Å². The number of ketones is 1. The maximum atomic E-state index is 12.8. The number of carbonyl (C=O) groups is 1. The van der Waals surface area contributed by atoms with Crippen LogP contribution < -0.4 is 0 Å². The first kappa shape index (κ1) is 20.7. The summed E-state index contributed by atoms with van der Waals surface area (Å²) in [5, 5.41) is 9.26. The normalized spacial score (nSPS) is 34.1. The highest BCUT2D eigenvalue weighted by Crippen LogP contribution is 2.68. The van der Waals surface area contributed by atoms with Crippen molar-refractivity contribution in [1.82, 2.24) is 0 Å². The van der Waals surface area contributed by atoms with E-state index < -0.39 is 18.0 Å². The summed E-state index contributed by atoms with van der Waals surface area (Å²) in [6.45, 7) is 2.05. The van der Waals surface area contributed by atoms with Crippen LogP contribution in [0.2, 0.25) is 0 Å². The molecule has 2 nitrogen and oxygen atoms in total. The van der Waals surface area contributed by atoms with Gasteiger partial charge < -0.3 is 5.11 Å². The first-order chi connectivity index (χ1) is 12.3. The van der Waals surface area contributed by atoms with Crippen molar-refractivity contribution in [3.8, 4) is 0 Å². The van der Waals surface area contributed by atoms with E-state index in [1.165, 1.54) is 0 Å². The van der Waals surface area contributed by atoms with Gasteiger partial charge in [0.05, 0.1) is 0 Å². The smallest absolute Gasteiger partial charge is 0.370 e. The minimum Gasteiger partial charge on any atom is -0.370 e. The van der Waals surface area contributed by atoms with E-state index in [1.54, 1.807) is 0 Å². The summed E-state index contributed by atoms with van der Waals surface area (Å²) >= 11 is 0. The fourth-order valence-corrected chi connectivity index (χ4v) is 5.61. The molecule has 3 rings (SSSR count). The Morgan fingerprint density at radius 3 is 2.19 bits per heavy atom. The van der Waals surface area contributed by atoms with E-state index >= 15 is 0 Å². The highest BCUT2D eigenvalue weighted by Gasteiger charge is 2.69. The third-order valence-corrected chi connectivity index (χ3v) is 7.24. The molecular formula is C19H24F6O2. The summed E-state index contributed by atoms with van der Waals surface area (Å²) in [6.07, 6.45) is -5.70. The highest BCUT2D eigenvalue weighted by atomic mass is 19.4. The molecule has 0 heterocycles. The van der Waals surface area contributed by atoms with Gasteiger partial charge in [-0.2, -0.15) is 26.3 Å². The van der Waals surface area contributed by atoms with Crippen LogP contribution >= 0.6 is 0 Å². The number of carbonyl (C=O) groups excluding carboxylic acids is 1. The van der Waals surface area contributed by atoms with Crippen LogP contribution in [0.4, 0.5) is 26.3 Å². The average Bonchev–Trinajstić information content (AvgIpc) is 3.19. The van der Waals surface area contributed by atoms with Crippen LogP contribution in [0.5, 0.6) is 0 Å². The lowest BCUT2D eigenvalue weighted by Crippen LogP contribution is -2.55. The molecule has 3 aliphatic carbocycles. The Morgan fingerprint density at radius 2 is 1.67 bits per heavy atom. The Kier molecular flexibility index (Phi) is 4.77. The van der Waals surface area contributed by atoms with Gasteiger partial charge in [0.15, 0.2) is 0 Å². The standard InChI is InChI=1S/C19H24F6O2/c1-15-7-2-4-13(26)12(15)5-6-14(15)16(10-11-16)8-3-9-17(27,18(20,21)22)19(23,24)25/h3,9,12,14,27H,2,4-8,10-11H2,1H3/b9-3+/t12?,14-,15-/m0/s1. The predicted octanol–water partition coefficient (Wildman–Crippen LogP) is 5.35. The summed E-state index contributed by atoms with van der Waals surface area (Å²) in [4.78, 5) is 12.2. The first-order valence-corrected chi connectivity index (χ1v) is 9.33. The second kappa shape index (κ2) is 6.22. The second-order valence-electron chi connectivity index (χ2n) is 8.74. The van der Waals surface area contributed by atoms with E-state index in [0.717, 1.165) is 44.6 Å². The zero-order valence-corrected chi connectivity index (χ0v) is 15.1. The maximum absolute atomic E-state index is 12.8. The van der Waals surface area contributed by atoms with Crippen molar-refractivity contribution in [2.24, 2.45) is 22.7 Å². The molecule has 0 radical (unpaired) electrons. The molecule has 3 saturated carbocycles. The quantitative estimate of drug-likeness (QED) is 0.512. The molecule has 0 aliphatic heterocycles. The summed E-state index contributed by atoms with van der Waals surface area (Å²) in [7, 11) is 0. The Balaban J connectivity index is 1.78. The van der Waals surface area contributed by atoms with Gasteiger partial charge in [-0.25, -0.2) is 0 Å². The van der Waals surface area contributed by atoms with E-state index in [4.69, 9.17) is 0 Å². The molecule has 0 aromatic carbocycles. The topological polar surface area (TPSA) is 37.3 Å². The summed E-state index contributed by atoms with van der Waals surface area (Å²) < 4.78 is 76.8. The highest BCUT2D eigenvalue weighted by molar-refractivity contribution is 5.83. The Bertz CT molecular complexity index is 617. The fourth-order valence-electron chi connectivity index (χ4n) is 5.61. The molecule has 3 aliphatic rings. The number of hydrogen-bond donors (Lipinski definition) is 1. The van der Waals surface area contributed by atoms with Gasteiger partial charge in [-0.05, 0) is 67.8 Å². The van der Waals surface area contributed by atoms with E-state index in [9.17, 15) is 36.2 Å². The van der Waals surface area contributed by atoms with E-state index in [-0.39, 0.29) is 40.9 Å². The fraction of sp³-hybridized carbons (Fsp3) is 0.842. The summed E-state index contributed by atoms with van der Waals surface area (Å²) in [5.74, 6) is 0.315. The molecule has 27 heavy (non-hydrogen) atoms. The minimum absolute atomic E-state index is 0.0417. The molecule has 0 saturated heterocycles. The van der Waals surface area contributed by atoms with Crippen molar-refractivity contribution in [2.45, 2.75) is 76.2 Å². The Hall–Kier alpha value is -1.05. The van der Waals surface area contributed by atoms with Gasteiger partial charge in [-0.1, -0.05) is 13.0 Å². The van der Waals surface area contributed by atoms with Crippen LogP contribution in [-0.4, -0.2) is 28.8 Å². The van der Waals surface area contributed by atoms with Crippen molar-refractivity contribution < 1.29 is 36.2 Å². The van der Waals surface area contributed by atoms with Crippen molar-refractivity contribution >= 4 is 5.78 Å². The molecule has 0 aromatic rings. The van der Waals surface area contributed by atoms with Gasteiger partial charge in [-0.3, -0.25) is 4.79 Å². The van der Waals surface area contributed by atoms with Crippen molar-refractivity contribution in [3.63, 3.8) is 0 Å². The molecule has 1 N–H and O–H groups in total. The number of hydrogen-bond acceptors (Lipinski definition) is 2. The lowest BCUT2D eigenvalue weighted by molar-refractivity contribution is -0.347. The molecular weight excluding hydrogens is 374 g/mol. The molecule has 1 unspecified atom stereocenters. The molecule has 8 heteroatoms. The zero-order valence-electron chi connectivity index (χ0n) is 15.1. The van der Waals surface area contributed by atoms with Crippen LogP contribution in [0.1, 0.15) is 58.3 Å². The van der Waals surface area contributed by atoms with E-state index in [2.05, 4.69) is 6.92 Å². The van der Waals surface area contributed by atoms with Crippen LogP contribution in [0.25, 0.3) is 0 Å². The van der Waals surface area contributed by atoms with Gasteiger partial charge in [0.25, 0.3) is 5.60 Å². The number of aliphatic hydroxyl groups is 1. The second-order valence-corrected chi connectivity index (χ2v) is 8.74. The minimum atomic E-state index is -5.83. The molecule has 0 amide bonds.